The van der Waals surface area contributed by atoms with Gasteiger partial charge in [-0.3, -0.25) is 9.59 Å². The number of aromatic amines is 1. The molecule has 6 heteroatoms. The molecular formula is C19H19ClN2O3. The van der Waals surface area contributed by atoms with E-state index in [1.54, 1.807) is 6.07 Å². The van der Waals surface area contributed by atoms with Crippen molar-refractivity contribution in [2.24, 2.45) is 5.92 Å². The third-order valence-electron chi connectivity index (χ3n) is 4.95. The maximum atomic E-state index is 12.7. The Labute approximate surface area is 150 Å². The fourth-order valence-corrected chi connectivity index (χ4v) is 3.87. The molecule has 5 nitrogen and oxygen atoms in total. The molecule has 0 fully saturated rings. The summed E-state index contributed by atoms with van der Waals surface area (Å²) in [6.45, 7) is 0.367. The minimum absolute atomic E-state index is 0.0188. The Balaban J connectivity index is 1.49. The van der Waals surface area contributed by atoms with Gasteiger partial charge in [-0.25, -0.2) is 0 Å². The Morgan fingerprint density at radius 3 is 3.04 bits per heavy atom. The number of ether oxygens (including phenoxy) is 1. The number of nitrogens with one attached hydrogen (secondary N) is 2. The van der Waals surface area contributed by atoms with Gasteiger partial charge < -0.3 is 15.0 Å². The van der Waals surface area contributed by atoms with Gasteiger partial charge in [0.1, 0.15) is 12.4 Å². The molecule has 0 bridgehead atoms. The number of fused-ring (bicyclic) bond motifs is 2. The van der Waals surface area contributed by atoms with Gasteiger partial charge in [-0.05, 0) is 61.1 Å². The first-order valence-corrected chi connectivity index (χ1v) is 8.91. The first-order chi connectivity index (χ1) is 12.1. The molecule has 1 aliphatic carbocycles. The van der Waals surface area contributed by atoms with Gasteiger partial charge in [0.15, 0.2) is 0 Å². The van der Waals surface area contributed by atoms with Gasteiger partial charge in [0.25, 0.3) is 0 Å². The largest absolute Gasteiger partial charge is 0.492 e. The average molecular weight is 359 g/mol. The molecule has 1 aromatic carbocycles. The van der Waals surface area contributed by atoms with Crippen LogP contribution in [0.4, 0.5) is 0 Å². The van der Waals surface area contributed by atoms with E-state index in [0.717, 1.165) is 41.8 Å². The first-order valence-electron chi connectivity index (χ1n) is 8.54. The predicted octanol–water partition coefficient (Wildman–Crippen LogP) is 2.77. The van der Waals surface area contributed by atoms with Crippen LogP contribution in [0.5, 0.6) is 5.75 Å². The van der Waals surface area contributed by atoms with Crippen molar-refractivity contribution in [2.75, 3.05) is 6.61 Å². The van der Waals surface area contributed by atoms with Gasteiger partial charge in [-0.1, -0.05) is 11.6 Å². The molecule has 1 amide bonds. The number of rotatable bonds is 2. The van der Waals surface area contributed by atoms with Crippen LogP contribution in [0, 0.1) is 5.92 Å². The summed E-state index contributed by atoms with van der Waals surface area (Å²) in [7, 11) is 0. The number of benzene rings is 1. The van der Waals surface area contributed by atoms with Gasteiger partial charge in [-0.2, -0.15) is 0 Å². The summed E-state index contributed by atoms with van der Waals surface area (Å²) >= 11 is 6.04. The van der Waals surface area contributed by atoms with E-state index < -0.39 is 0 Å². The monoisotopic (exact) mass is 358 g/mol. The zero-order valence-electron chi connectivity index (χ0n) is 13.7. The minimum Gasteiger partial charge on any atom is -0.492 e. The van der Waals surface area contributed by atoms with Crippen molar-refractivity contribution >= 4 is 17.5 Å². The zero-order valence-corrected chi connectivity index (χ0v) is 14.4. The lowest BCUT2D eigenvalue weighted by Gasteiger charge is -2.29. The van der Waals surface area contributed by atoms with Crippen molar-refractivity contribution in [3.05, 3.63) is 62.5 Å². The molecule has 2 N–H and O–H groups in total. The maximum Gasteiger partial charge on any atom is 0.248 e. The Morgan fingerprint density at radius 1 is 1.28 bits per heavy atom. The summed E-state index contributed by atoms with van der Waals surface area (Å²) < 4.78 is 5.72. The third-order valence-corrected chi connectivity index (χ3v) is 5.18. The number of carbonyl (C=O) groups excluding carboxylic acids is 1. The van der Waals surface area contributed by atoms with E-state index >= 15 is 0 Å². The van der Waals surface area contributed by atoms with Crippen molar-refractivity contribution in [1.29, 1.82) is 0 Å². The summed E-state index contributed by atoms with van der Waals surface area (Å²) in [5.74, 6) is 0.544. The number of aromatic nitrogens is 1. The number of pyridine rings is 1. The lowest BCUT2D eigenvalue weighted by molar-refractivity contribution is -0.127. The van der Waals surface area contributed by atoms with E-state index in [1.165, 1.54) is 6.07 Å². The van der Waals surface area contributed by atoms with Crippen LogP contribution in [0.25, 0.3) is 0 Å². The molecule has 0 spiro atoms. The molecule has 2 aliphatic rings. The van der Waals surface area contributed by atoms with Crippen LogP contribution >= 0.6 is 11.6 Å². The molecule has 0 saturated heterocycles. The highest BCUT2D eigenvalue weighted by Gasteiger charge is 2.29. The summed E-state index contributed by atoms with van der Waals surface area (Å²) in [5.41, 5.74) is 2.81. The second-order valence-electron chi connectivity index (χ2n) is 6.67. The highest BCUT2D eigenvalue weighted by molar-refractivity contribution is 6.30. The molecule has 2 heterocycles. The number of amides is 1. The standard InChI is InChI=1S/C19H19ClN2O3/c20-13-4-6-17-11(9-13)8-12(10-25-17)19(24)22-16-3-1-2-15-14(16)5-7-18(23)21-15/h4-7,9,12,16H,1-3,8,10H2,(H,21,23)(H,22,24). The average Bonchev–Trinajstić information content (AvgIpc) is 2.61. The zero-order chi connectivity index (χ0) is 17.4. The molecule has 25 heavy (non-hydrogen) atoms. The second kappa shape index (κ2) is 6.56. The van der Waals surface area contributed by atoms with E-state index in [4.69, 9.17) is 16.3 Å². The van der Waals surface area contributed by atoms with Crippen LogP contribution in [-0.4, -0.2) is 17.5 Å². The normalized spacial score (nSPS) is 21.6. The fraction of sp³-hybridized carbons (Fsp3) is 0.368. The number of H-pyrrole nitrogens is 1. The van der Waals surface area contributed by atoms with E-state index in [1.807, 2.05) is 18.2 Å². The van der Waals surface area contributed by atoms with Crippen LogP contribution in [0.2, 0.25) is 5.02 Å². The topological polar surface area (TPSA) is 71.2 Å². The SMILES string of the molecule is O=C(NC1CCCc2[nH]c(=O)ccc21)C1COc2ccc(Cl)cc2C1. The summed E-state index contributed by atoms with van der Waals surface area (Å²) in [6, 6.07) is 8.78. The quantitative estimate of drug-likeness (QED) is 0.867. The second-order valence-corrected chi connectivity index (χ2v) is 7.11. The van der Waals surface area contributed by atoms with Gasteiger partial charge in [-0.15, -0.1) is 0 Å². The highest BCUT2D eigenvalue weighted by atomic mass is 35.5. The van der Waals surface area contributed by atoms with Gasteiger partial charge in [0.05, 0.1) is 12.0 Å². The van der Waals surface area contributed by atoms with Crippen LogP contribution < -0.4 is 15.6 Å². The summed E-state index contributed by atoms with van der Waals surface area (Å²) in [4.78, 5) is 27.1. The maximum absolute atomic E-state index is 12.7. The molecular weight excluding hydrogens is 340 g/mol. The van der Waals surface area contributed by atoms with Gasteiger partial charge in [0.2, 0.25) is 11.5 Å². The predicted molar refractivity (Wildman–Crippen MR) is 95.0 cm³/mol. The molecule has 2 atom stereocenters. The molecule has 4 rings (SSSR count). The first kappa shape index (κ1) is 16.2. The van der Waals surface area contributed by atoms with Crippen molar-refractivity contribution < 1.29 is 9.53 Å². The molecule has 2 aromatic rings. The van der Waals surface area contributed by atoms with Crippen LogP contribution in [0.15, 0.2) is 35.1 Å². The number of halogens is 1. The minimum atomic E-state index is -0.237. The van der Waals surface area contributed by atoms with E-state index in [9.17, 15) is 9.59 Å². The summed E-state index contributed by atoms with van der Waals surface area (Å²) in [6.07, 6.45) is 3.28. The smallest absolute Gasteiger partial charge is 0.248 e. The van der Waals surface area contributed by atoms with E-state index in [2.05, 4.69) is 10.3 Å². The summed E-state index contributed by atoms with van der Waals surface area (Å²) in [5, 5.41) is 3.78. The fourth-order valence-electron chi connectivity index (χ4n) is 3.67. The molecule has 0 saturated carbocycles. The number of carbonyl (C=O) groups is 1. The Bertz CT molecular complexity index is 877. The lowest BCUT2D eigenvalue weighted by Crippen LogP contribution is -2.40. The van der Waals surface area contributed by atoms with Crippen molar-refractivity contribution in [2.45, 2.75) is 31.7 Å². The molecule has 130 valence electrons. The Kier molecular flexibility index (Phi) is 4.25. The third kappa shape index (κ3) is 3.29. The van der Waals surface area contributed by atoms with Crippen LogP contribution in [-0.2, 0) is 17.6 Å². The molecule has 1 aliphatic heterocycles. The van der Waals surface area contributed by atoms with Crippen molar-refractivity contribution in [1.82, 2.24) is 10.3 Å². The van der Waals surface area contributed by atoms with Crippen molar-refractivity contribution in [3.63, 3.8) is 0 Å². The molecule has 0 radical (unpaired) electrons. The van der Waals surface area contributed by atoms with Crippen LogP contribution in [0.1, 0.15) is 35.7 Å². The van der Waals surface area contributed by atoms with E-state index in [-0.39, 0.29) is 23.4 Å². The number of aryl methyl sites for hydroxylation is 1. The molecule has 1 aromatic heterocycles. The van der Waals surface area contributed by atoms with Gasteiger partial charge >= 0.3 is 0 Å². The Morgan fingerprint density at radius 2 is 2.16 bits per heavy atom. The van der Waals surface area contributed by atoms with E-state index in [0.29, 0.717) is 18.1 Å². The lowest BCUT2D eigenvalue weighted by atomic mass is 9.90. The van der Waals surface area contributed by atoms with Crippen molar-refractivity contribution in [3.8, 4) is 5.75 Å². The number of hydrogen-bond donors (Lipinski definition) is 2. The van der Waals surface area contributed by atoms with Gasteiger partial charge in [0, 0.05) is 16.8 Å². The highest BCUT2D eigenvalue weighted by Crippen LogP contribution is 2.31. The Hall–Kier alpha value is -2.27. The van der Waals surface area contributed by atoms with Crippen LogP contribution in [0.3, 0.4) is 0 Å². The number of hydrogen-bond acceptors (Lipinski definition) is 3. The molecule has 2 unspecified atom stereocenters.